The van der Waals surface area contributed by atoms with Gasteiger partial charge in [-0.25, -0.2) is 4.68 Å². The number of tetrazole rings is 1. The van der Waals surface area contributed by atoms with Crippen LogP contribution in [0.3, 0.4) is 0 Å². The van der Waals surface area contributed by atoms with Gasteiger partial charge in [0.05, 0.1) is 16.4 Å². The summed E-state index contributed by atoms with van der Waals surface area (Å²) in [7, 11) is 0. The van der Waals surface area contributed by atoms with Crippen LogP contribution in [0.25, 0.3) is 0 Å². The van der Waals surface area contributed by atoms with Gasteiger partial charge in [-0.15, -0.1) is 16.4 Å². The lowest BCUT2D eigenvalue weighted by atomic mass is 10.4. The van der Waals surface area contributed by atoms with E-state index >= 15 is 0 Å². The first kappa shape index (κ1) is 13.2. The molecule has 0 radical (unpaired) electrons. The summed E-state index contributed by atoms with van der Waals surface area (Å²) < 4.78 is 3.17. The maximum absolute atomic E-state index is 4.17. The lowest BCUT2D eigenvalue weighted by Gasteiger charge is -2.18. The van der Waals surface area contributed by atoms with Gasteiger partial charge in [0, 0.05) is 11.4 Å². The van der Waals surface area contributed by atoms with E-state index in [-0.39, 0.29) is 0 Å². The molecule has 0 aliphatic heterocycles. The Bertz CT molecular complexity index is 548. The first-order valence-corrected chi connectivity index (χ1v) is 8.10. The predicted molar refractivity (Wildman–Crippen MR) is 77.9 cm³/mol. The molecule has 0 amide bonds. The smallest absolute Gasteiger partial charge is 0.165 e. The van der Waals surface area contributed by atoms with Crippen LogP contribution >= 0.6 is 27.3 Å². The molecule has 1 aliphatic carbocycles. The number of thiophene rings is 1. The normalized spacial score (nSPS) is 15.3. The van der Waals surface area contributed by atoms with Gasteiger partial charge in [0.25, 0.3) is 0 Å². The van der Waals surface area contributed by atoms with Gasteiger partial charge in [0.15, 0.2) is 5.82 Å². The van der Waals surface area contributed by atoms with Crippen LogP contribution in [-0.2, 0) is 13.1 Å². The Morgan fingerprint density at radius 2 is 2.26 bits per heavy atom. The molecule has 102 valence electrons. The SMILES string of the molecule is CCN(Cc1ccc(Br)s1)Cc1nnnn1C1CC1. The molecule has 0 spiro atoms. The molecule has 0 atom stereocenters. The largest absolute Gasteiger partial charge is 0.291 e. The van der Waals surface area contributed by atoms with Crippen molar-refractivity contribution in [3.8, 4) is 0 Å². The minimum Gasteiger partial charge on any atom is -0.291 e. The molecule has 2 aromatic heterocycles. The average Bonchev–Trinajstić information content (AvgIpc) is 3.01. The van der Waals surface area contributed by atoms with Crippen molar-refractivity contribution < 1.29 is 0 Å². The van der Waals surface area contributed by atoms with Crippen LogP contribution in [0.5, 0.6) is 0 Å². The van der Waals surface area contributed by atoms with E-state index in [1.165, 1.54) is 21.5 Å². The molecule has 19 heavy (non-hydrogen) atoms. The Morgan fingerprint density at radius 1 is 1.42 bits per heavy atom. The topological polar surface area (TPSA) is 46.8 Å². The molecule has 1 saturated carbocycles. The molecule has 5 nitrogen and oxygen atoms in total. The van der Waals surface area contributed by atoms with Crippen LogP contribution in [0.4, 0.5) is 0 Å². The molecule has 0 saturated heterocycles. The maximum atomic E-state index is 4.17. The minimum atomic E-state index is 0.541. The van der Waals surface area contributed by atoms with Crippen molar-refractivity contribution in [2.45, 2.75) is 38.9 Å². The second kappa shape index (κ2) is 5.68. The molecule has 0 bridgehead atoms. The summed E-state index contributed by atoms with van der Waals surface area (Å²) >= 11 is 5.29. The van der Waals surface area contributed by atoms with Crippen LogP contribution in [-0.4, -0.2) is 31.7 Å². The zero-order valence-electron chi connectivity index (χ0n) is 10.8. The third kappa shape index (κ3) is 3.21. The van der Waals surface area contributed by atoms with Gasteiger partial charge in [-0.05, 0) is 57.9 Å². The fourth-order valence-corrected chi connectivity index (χ4v) is 3.58. The second-order valence-electron chi connectivity index (χ2n) is 4.78. The van der Waals surface area contributed by atoms with Crippen molar-refractivity contribution in [1.29, 1.82) is 0 Å². The summed E-state index contributed by atoms with van der Waals surface area (Å²) in [5.41, 5.74) is 0. The molecular weight excluding hydrogens is 326 g/mol. The van der Waals surface area contributed by atoms with E-state index in [2.05, 4.69) is 55.4 Å². The first-order valence-electron chi connectivity index (χ1n) is 6.49. The first-order chi connectivity index (χ1) is 9.26. The van der Waals surface area contributed by atoms with Crippen LogP contribution < -0.4 is 0 Å². The Balaban J connectivity index is 1.67. The van der Waals surface area contributed by atoms with E-state index in [1.54, 1.807) is 11.3 Å². The van der Waals surface area contributed by atoms with Crippen molar-refractivity contribution in [1.82, 2.24) is 25.1 Å². The van der Waals surface area contributed by atoms with Gasteiger partial charge in [-0.1, -0.05) is 6.92 Å². The summed E-state index contributed by atoms with van der Waals surface area (Å²) in [5, 5.41) is 12.1. The quantitative estimate of drug-likeness (QED) is 0.810. The molecular formula is C12H16BrN5S. The highest BCUT2D eigenvalue weighted by Gasteiger charge is 2.28. The highest BCUT2D eigenvalue weighted by molar-refractivity contribution is 9.11. The summed E-state index contributed by atoms with van der Waals surface area (Å²) in [6.45, 7) is 4.93. The van der Waals surface area contributed by atoms with Crippen molar-refractivity contribution in [2.24, 2.45) is 0 Å². The molecule has 0 aromatic carbocycles. The van der Waals surface area contributed by atoms with Crippen LogP contribution in [0.15, 0.2) is 15.9 Å². The standard InChI is InChI=1S/C12H16BrN5S/c1-2-17(7-10-5-6-11(13)19-10)8-12-14-15-16-18(12)9-3-4-9/h5-6,9H,2-4,7-8H2,1H3. The molecule has 1 aliphatic rings. The zero-order chi connectivity index (χ0) is 13.2. The van der Waals surface area contributed by atoms with Crippen molar-refractivity contribution in [3.63, 3.8) is 0 Å². The van der Waals surface area contributed by atoms with Gasteiger partial charge in [0.2, 0.25) is 0 Å². The molecule has 3 rings (SSSR count). The van der Waals surface area contributed by atoms with E-state index in [0.717, 1.165) is 25.5 Å². The van der Waals surface area contributed by atoms with E-state index in [0.29, 0.717) is 6.04 Å². The number of rotatable bonds is 6. The third-order valence-corrected chi connectivity index (χ3v) is 4.88. The van der Waals surface area contributed by atoms with Crippen molar-refractivity contribution >= 4 is 27.3 Å². The van der Waals surface area contributed by atoms with Crippen LogP contribution in [0.2, 0.25) is 0 Å². The lowest BCUT2D eigenvalue weighted by Crippen LogP contribution is -2.24. The fourth-order valence-electron chi connectivity index (χ4n) is 2.06. The minimum absolute atomic E-state index is 0.541. The second-order valence-corrected chi connectivity index (χ2v) is 7.33. The maximum Gasteiger partial charge on any atom is 0.165 e. The third-order valence-electron chi connectivity index (χ3n) is 3.27. The molecule has 2 heterocycles. The van der Waals surface area contributed by atoms with E-state index in [1.807, 2.05) is 4.68 Å². The van der Waals surface area contributed by atoms with Gasteiger partial charge in [0.1, 0.15) is 0 Å². The lowest BCUT2D eigenvalue weighted by molar-refractivity contribution is 0.260. The predicted octanol–water partition coefficient (Wildman–Crippen LogP) is 2.85. The van der Waals surface area contributed by atoms with Crippen LogP contribution in [0.1, 0.15) is 36.5 Å². The molecule has 0 unspecified atom stereocenters. The summed E-state index contributed by atoms with van der Waals surface area (Å²) in [6.07, 6.45) is 2.42. The zero-order valence-corrected chi connectivity index (χ0v) is 13.2. The van der Waals surface area contributed by atoms with Crippen LogP contribution in [0, 0.1) is 0 Å². The number of hydrogen-bond donors (Lipinski definition) is 0. The van der Waals surface area contributed by atoms with Gasteiger partial charge in [-0.2, -0.15) is 0 Å². The van der Waals surface area contributed by atoms with Gasteiger partial charge >= 0.3 is 0 Å². The van der Waals surface area contributed by atoms with Crippen molar-refractivity contribution in [2.75, 3.05) is 6.54 Å². The van der Waals surface area contributed by atoms with E-state index < -0.39 is 0 Å². The Hall–Kier alpha value is -0.790. The van der Waals surface area contributed by atoms with E-state index in [9.17, 15) is 0 Å². The molecule has 1 fully saturated rings. The average molecular weight is 342 g/mol. The number of nitrogens with zero attached hydrogens (tertiary/aromatic N) is 5. The van der Waals surface area contributed by atoms with Gasteiger partial charge in [-0.3, -0.25) is 4.90 Å². The molecule has 0 N–H and O–H groups in total. The fraction of sp³-hybridized carbons (Fsp3) is 0.583. The molecule has 7 heteroatoms. The Morgan fingerprint density at radius 3 is 2.89 bits per heavy atom. The highest BCUT2D eigenvalue weighted by Crippen LogP contribution is 2.34. The highest BCUT2D eigenvalue weighted by atomic mass is 79.9. The Labute approximate surface area is 124 Å². The van der Waals surface area contributed by atoms with Crippen molar-refractivity contribution in [3.05, 3.63) is 26.6 Å². The Kier molecular flexibility index (Phi) is 3.95. The number of halogens is 1. The summed E-state index contributed by atoms with van der Waals surface area (Å²) in [6, 6.07) is 4.81. The number of hydrogen-bond acceptors (Lipinski definition) is 5. The monoisotopic (exact) mass is 341 g/mol. The van der Waals surface area contributed by atoms with E-state index in [4.69, 9.17) is 0 Å². The summed E-state index contributed by atoms with van der Waals surface area (Å²) in [5.74, 6) is 0.986. The number of aromatic nitrogens is 4. The molecule has 2 aromatic rings. The summed E-state index contributed by atoms with van der Waals surface area (Å²) in [4.78, 5) is 3.72. The van der Waals surface area contributed by atoms with Gasteiger partial charge < -0.3 is 0 Å².